The Morgan fingerprint density at radius 1 is 1.55 bits per heavy atom. The second-order valence-corrected chi connectivity index (χ2v) is 1.80. The molecule has 2 amide bonds. The summed E-state index contributed by atoms with van der Waals surface area (Å²) in [5.74, 6) is 0. The molecule has 4 nitrogen and oxygen atoms in total. The molecule has 1 heterocycles. The molecule has 0 bridgehead atoms. The van der Waals surface area contributed by atoms with Gasteiger partial charge in [-0.15, -0.1) is 24.8 Å². The van der Waals surface area contributed by atoms with Crippen LogP contribution in [0.2, 0.25) is 0 Å². The zero-order chi connectivity index (χ0) is 6.69. The highest BCUT2D eigenvalue weighted by Gasteiger charge is 2.06. The van der Waals surface area contributed by atoms with Crippen molar-refractivity contribution in [3.63, 3.8) is 0 Å². The zero-order valence-corrected chi connectivity index (χ0v) is 7.45. The number of carbonyl (C=O) groups excluding carboxylic acids is 1. The second-order valence-electron chi connectivity index (χ2n) is 1.80. The minimum absolute atomic E-state index is 0. The average Bonchev–Trinajstić information content (AvgIpc) is 1.90. The molecular formula is C5H11Cl2N3O. The normalized spacial score (nSPS) is 14.0. The third-order valence-corrected chi connectivity index (χ3v) is 1.15. The number of rotatable bonds is 0. The summed E-state index contributed by atoms with van der Waals surface area (Å²) in [5, 5.41) is 2.94. The molecule has 0 aromatic carbocycles. The van der Waals surface area contributed by atoms with Gasteiger partial charge in [-0.05, 0) is 0 Å². The van der Waals surface area contributed by atoms with Gasteiger partial charge in [0.05, 0.1) is 0 Å². The smallest absolute Gasteiger partial charge is 0.318 e. The highest BCUT2D eigenvalue weighted by molar-refractivity contribution is 5.85. The lowest BCUT2D eigenvalue weighted by atomic mass is 10.5. The largest absolute Gasteiger partial charge is 0.388 e. The Bertz CT molecular complexity index is 151. The van der Waals surface area contributed by atoms with Crippen LogP contribution >= 0.6 is 24.8 Å². The van der Waals surface area contributed by atoms with Crippen LogP contribution in [0.3, 0.4) is 0 Å². The monoisotopic (exact) mass is 199 g/mol. The fraction of sp³-hybridized carbons (Fsp3) is 0.400. The van der Waals surface area contributed by atoms with E-state index in [0.29, 0.717) is 6.54 Å². The number of carbonyl (C=O) groups is 1. The zero-order valence-electron chi connectivity index (χ0n) is 5.82. The molecule has 0 saturated heterocycles. The number of nitrogens with zero attached hydrogens (tertiary/aromatic N) is 1. The first kappa shape index (κ1) is 13.0. The van der Waals surface area contributed by atoms with Crippen LogP contribution in [0.1, 0.15) is 0 Å². The molecule has 0 aromatic rings. The van der Waals surface area contributed by atoms with Gasteiger partial charge in [-0.3, -0.25) is 4.90 Å². The molecule has 0 unspecified atom stereocenters. The van der Waals surface area contributed by atoms with Crippen molar-refractivity contribution in [2.45, 2.75) is 0 Å². The number of urea groups is 1. The molecule has 1 rings (SSSR count). The van der Waals surface area contributed by atoms with Crippen LogP contribution in [0, 0.1) is 0 Å². The Labute approximate surface area is 77.6 Å². The predicted octanol–water partition coefficient (Wildman–Crippen LogP) is 0.285. The Morgan fingerprint density at radius 2 is 2.18 bits per heavy atom. The summed E-state index contributed by atoms with van der Waals surface area (Å²) >= 11 is 0. The lowest BCUT2D eigenvalue weighted by molar-refractivity contribution is 0.223. The van der Waals surface area contributed by atoms with Crippen LogP contribution in [0.25, 0.3) is 0 Å². The van der Waals surface area contributed by atoms with Gasteiger partial charge in [-0.2, -0.15) is 0 Å². The lowest BCUT2D eigenvalue weighted by Crippen LogP contribution is -2.38. The first-order valence-electron chi connectivity index (χ1n) is 2.77. The van der Waals surface area contributed by atoms with Gasteiger partial charge in [0, 0.05) is 25.5 Å². The molecule has 0 aliphatic carbocycles. The van der Waals surface area contributed by atoms with E-state index in [-0.39, 0.29) is 24.8 Å². The summed E-state index contributed by atoms with van der Waals surface area (Å²) in [6.07, 6.45) is 3.33. The molecule has 0 radical (unpaired) electrons. The van der Waals surface area contributed by atoms with Crippen LogP contribution < -0.4 is 11.1 Å². The summed E-state index contributed by atoms with van der Waals surface area (Å²) in [5.41, 5.74) is 4.98. The lowest BCUT2D eigenvalue weighted by Gasteiger charge is -2.19. The SMILES string of the molecule is Cl.Cl.NC(=O)N1C=CNCC1. The number of amides is 2. The Balaban J connectivity index is 0. The van der Waals surface area contributed by atoms with Gasteiger partial charge in [0.15, 0.2) is 0 Å². The van der Waals surface area contributed by atoms with Crippen molar-refractivity contribution in [1.82, 2.24) is 10.2 Å². The molecule has 66 valence electrons. The second kappa shape index (κ2) is 6.12. The van der Waals surface area contributed by atoms with Gasteiger partial charge in [0.2, 0.25) is 0 Å². The summed E-state index contributed by atoms with van der Waals surface area (Å²) in [6, 6.07) is -0.396. The maximum Gasteiger partial charge on any atom is 0.318 e. The predicted molar refractivity (Wildman–Crippen MR) is 47.9 cm³/mol. The van der Waals surface area contributed by atoms with Crippen molar-refractivity contribution in [3.8, 4) is 0 Å². The Hall–Kier alpha value is -0.610. The Morgan fingerprint density at radius 3 is 2.45 bits per heavy atom. The molecule has 0 spiro atoms. The van der Waals surface area contributed by atoms with E-state index in [2.05, 4.69) is 5.32 Å². The molecule has 0 atom stereocenters. The highest BCUT2D eigenvalue weighted by atomic mass is 35.5. The molecule has 1 aliphatic rings. The van der Waals surface area contributed by atoms with Crippen LogP contribution in [0.4, 0.5) is 4.79 Å². The van der Waals surface area contributed by atoms with Crippen LogP contribution in [-0.4, -0.2) is 24.0 Å². The molecular weight excluding hydrogens is 189 g/mol. The van der Waals surface area contributed by atoms with Gasteiger partial charge >= 0.3 is 6.03 Å². The highest BCUT2D eigenvalue weighted by Crippen LogP contribution is 1.91. The molecule has 1 aliphatic heterocycles. The van der Waals surface area contributed by atoms with E-state index in [1.165, 1.54) is 4.90 Å². The molecule has 6 heteroatoms. The number of nitrogens with two attached hydrogens (primary N) is 1. The molecule has 0 saturated carbocycles. The van der Waals surface area contributed by atoms with E-state index in [9.17, 15) is 4.79 Å². The molecule has 0 fully saturated rings. The summed E-state index contributed by atoms with van der Waals surface area (Å²) < 4.78 is 0. The maximum absolute atomic E-state index is 10.4. The molecule has 0 aromatic heterocycles. The first-order chi connectivity index (χ1) is 4.30. The van der Waals surface area contributed by atoms with Gasteiger partial charge in [0.1, 0.15) is 0 Å². The first-order valence-corrected chi connectivity index (χ1v) is 2.77. The van der Waals surface area contributed by atoms with E-state index in [4.69, 9.17) is 5.73 Å². The summed E-state index contributed by atoms with van der Waals surface area (Å²) in [7, 11) is 0. The van der Waals surface area contributed by atoms with Crippen molar-refractivity contribution < 1.29 is 4.79 Å². The minimum atomic E-state index is -0.396. The third kappa shape index (κ3) is 3.95. The van der Waals surface area contributed by atoms with Crippen LogP contribution in [0.15, 0.2) is 12.4 Å². The fourth-order valence-electron chi connectivity index (χ4n) is 0.669. The van der Waals surface area contributed by atoms with Gasteiger partial charge in [-0.25, -0.2) is 4.79 Å². The van der Waals surface area contributed by atoms with Crippen molar-refractivity contribution in [3.05, 3.63) is 12.4 Å². The molecule has 11 heavy (non-hydrogen) atoms. The van der Waals surface area contributed by atoms with Crippen molar-refractivity contribution in [1.29, 1.82) is 0 Å². The van der Waals surface area contributed by atoms with Crippen molar-refractivity contribution in [2.75, 3.05) is 13.1 Å². The standard InChI is InChI=1S/C5H9N3O.2ClH/c6-5(9)8-3-1-7-2-4-8;;/h1,3,7H,2,4H2,(H2,6,9);2*1H. The van der Waals surface area contributed by atoms with Gasteiger partial charge in [0.25, 0.3) is 0 Å². The summed E-state index contributed by atoms with van der Waals surface area (Å²) in [4.78, 5) is 11.9. The average molecular weight is 200 g/mol. The minimum Gasteiger partial charge on any atom is -0.388 e. The van der Waals surface area contributed by atoms with Crippen molar-refractivity contribution in [2.24, 2.45) is 5.73 Å². The topological polar surface area (TPSA) is 58.4 Å². The van der Waals surface area contributed by atoms with Gasteiger partial charge < -0.3 is 11.1 Å². The number of halogens is 2. The third-order valence-electron chi connectivity index (χ3n) is 1.15. The number of hydrogen-bond donors (Lipinski definition) is 2. The van der Waals surface area contributed by atoms with Gasteiger partial charge in [-0.1, -0.05) is 0 Å². The summed E-state index contributed by atoms with van der Waals surface area (Å²) in [6.45, 7) is 1.44. The van der Waals surface area contributed by atoms with Crippen LogP contribution in [-0.2, 0) is 0 Å². The van der Waals surface area contributed by atoms with E-state index in [0.717, 1.165) is 6.54 Å². The van der Waals surface area contributed by atoms with E-state index >= 15 is 0 Å². The molecule has 3 N–H and O–H groups in total. The fourth-order valence-corrected chi connectivity index (χ4v) is 0.669. The Kier molecular flexibility index (Phi) is 7.24. The number of nitrogens with one attached hydrogen (secondary N) is 1. The van der Waals surface area contributed by atoms with E-state index < -0.39 is 6.03 Å². The van der Waals surface area contributed by atoms with E-state index in [1.54, 1.807) is 12.4 Å². The number of hydrogen-bond acceptors (Lipinski definition) is 2. The quantitative estimate of drug-likeness (QED) is 0.590. The van der Waals surface area contributed by atoms with Crippen LogP contribution in [0.5, 0.6) is 0 Å². The maximum atomic E-state index is 10.4. The van der Waals surface area contributed by atoms with E-state index in [1.807, 2.05) is 0 Å². The van der Waals surface area contributed by atoms with Crippen molar-refractivity contribution >= 4 is 30.8 Å². The number of primary amides is 1.